The lowest BCUT2D eigenvalue weighted by Gasteiger charge is -2.19. The molecule has 2 N–H and O–H groups in total. The van der Waals surface area contributed by atoms with Gasteiger partial charge in [0.15, 0.2) is 0 Å². The molecule has 0 radical (unpaired) electrons. The molecule has 110 valence electrons. The minimum atomic E-state index is -0.936. The molecular weight excluding hydrogens is 260 g/mol. The van der Waals surface area contributed by atoms with Crippen LogP contribution < -0.4 is 5.32 Å². The fourth-order valence-corrected chi connectivity index (χ4v) is 1.63. The Bertz CT molecular complexity index is 494. The van der Waals surface area contributed by atoms with Crippen LogP contribution in [0.15, 0.2) is 18.2 Å². The molecule has 1 aromatic rings. The quantitative estimate of drug-likeness (QED) is 0.885. The fraction of sp³-hybridized carbons (Fsp3) is 0.500. The van der Waals surface area contributed by atoms with E-state index in [0.717, 1.165) is 0 Å². The van der Waals surface area contributed by atoms with E-state index in [0.29, 0.717) is 12.1 Å². The maximum Gasteiger partial charge on any atom is 0.413 e. The first kappa shape index (κ1) is 15.9. The molecule has 1 rings (SSSR count). The molecule has 1 heterocycles. The molecule has 0 bridgehead atoms. The van der Waals surface area contributed by atoms with Gasteiger partial charge in [0.25, 0.3) is 0 Å². The molecule has 1 unspecified atom stereocenters. The second-order valence-corrected chi connectivity index (χ2v) is 5.37. The van der Waals surface area contributed by atoms with Gasteiger partial charge in [0.05, 0.1) is 11.6 Å². The first-order chi connectivity index (χ1) is 9.23. The van der Waals surface area contributed by atoms with Crippen molar-refractivity contribution in [3.8, 4) is 0 Å². The van der Waals surface area contributed by atoms with E-state index in [-0.39, 0.29) is 5.82 Å². The number of amides is 1. The van der Waals surface area contributed by atoms with Crippen LogP contribution in [0.3, 0.4) is 0 Å². The maximum atomic E-state index is 11.6. The van der Waals surface area contributed by atoms with E-state index in [1.54, 1.807) is 45.9 Å². The van der Waals surface area contributed by atoms with Crippen molar-refractivity contribution in [2.24, 2.45) is 0 Å². The molecule has 0 saturated carbocycles. The number of nitrogens with one attached hydrogen (secondary N) is 1. The average Bonchev–Trinajstić information content (AvgIpc) is 2.26. The summed E-state index contributed by atoms with van der Waals surface area (Å²) in [5.41, 5.74) is -0.192. The first-order valence-corrected chi connectivity index (χ1v) is 6.42. The molecule has 0 spiro atoms. The lowest BCUT2D eigenvalue weighted by atomic mass is 10.0. The molecule has 1 atom stereocenters. The van der Waals surface area contributed by atoms with Crippen LogP contribution in [0, 0.1) is 0 Å². The highest BCUT2D eigenvalue weighted by Crippen LogP contribution is 2.19. The summed E-state index contributed by atoms with van der Waals surface area (Å²) >= 11 is 0. The van der Waals surface area contributed by atoms with Crippen molar-refractivity contribution in [3.63, 3.8) is 0 Å². The van der Waals surface area contributed by atoms with Gasteiger partial charge in [-0.1, -0.05) is 13.0 Å². The van der Waals surface area contributed by atoms with Crippen LogP contribution in [0.25, 0.3) is 0 Å². The number of anilines is 1. The van der Waals surface area contributed by atoms with Crippen molar-refractivity contribution in [1.82, 2.24) is 4.98 Å². The van der Waals surface area contributed by atoms with Gasteiger partial charge in [0, 0.05) is 0 Å². The molecule has 20 heavy (non-hydrogen) atoms. The fourth-order valence-electron chi connectivity index (χ4n) is 1.63. The van der Waals surface area contributed by atoms with E-state index < -0.39 is 23.6 Å². The van der Waals surface area contributed by atoms with Crippen LogP contribution in [0.4, 0.5) is 10.6 Å². The van der Waals surface area contributed by atoms with Gasteiger partial charge in [0.2, 0.25) is 0 Å². The molecule has 0 saturated heterocycles. The Labute approximate surface area is 118 Å². The molecule has 6 heteroatoms. The smallest absolute Gasteiger partial charge is 0.413 e. The third-order valence-electron chi connectivity index (χ3n) is 2.46. The van der Waals surface area contributed by atoms with Crippen molar-refractivity contribution >= 4 is 17.9 Å². The number of aliphatic carboxylic acids is 1. The minimum Gasteiger partial charge on any atom is -0.481 e. The van der Waals surface area contributed by atoms with E-state index in [4.69, 9.17) is 9.84 Å². The number of carboxylic acids is 1. The largest absolute Gasteiger partial charge is 0.481 e. The zero-order valence-corrected chi connectivity index (χ0v) is 12.1. The topological polar surface area (TPSA) is 88.5 Å². The van der Waals surface area contributed by atoms with Gasteiger partial charge in [-0.2, -0.15) is 0 Å². The van der Waals surface area contributed by atoms with E-state index >= 15 is 0 Å². The molecular formula is C14H20N2O4. The highest BCUT2D eigenvalue weighted by Gasteiger charge is 2.20. The SMILES string of the molecule is CCC(C(=O)O)c1cccc(NC(=O)OC(C)(C)C)n1. The minimum absolute atomic E-state index is 0.274. The average molecular weight is 280 g/mol. The Morgan fingerprint density at radius 2 is 2.05 bits per heavy atom. The normalized spacial score (nSPS) is 12.6. The number of carbonyl (C=O) groups excluding carboxylic acids is 1. The summed E-state index contributed by atoms with van der Waals surface area (Å²) in [6.07, 6.45) is -0.191. The van der Waals surface area contributed by atoms with Crippen molar-refractivity contribution in [2.75, 3.05) is 5.32 Å². The Hall–Kier alpha value is -2.11. The van der Waals surface area contributed by atoms with Crippen molar-refractivity contribution in [1.29, 1.82) is 0 Å². The van der Waals surface area contributed by atoms with E-state index in [9.17, 15) is 9.59 Å². The Balaban J connectivity index is 2.83. The van der Waals surface area contributed by atoms with Crippen molar-refractivity contribution < 1.29 is 19.4 Å². The van der Waals surface area contributed by atoms with Gasteiger partial charge in [0.1, 0.15) is 11.4 Å². The number of carboxylic acid groups (broad SMARTS) is 1. The van der Waals surface area contributed by atoms with Crippen LogP contribution in [-0.2, 0) is 9.53 Å². The summed E-state index contributed by atoms with van der Waals surface area (Å²) in [6, 6.07) is 4.87. The summed E-state index contributed by atoms with van der Waals surface area (Å²) in [6.45, 7) is 7.05. The second kappa shape index (κ2) is 6.36. The molecule has 0 aliphatic heterocycles. The standard InChI is InChI=1S/C14H20N2O4/c1-5-9(12(17)18)10-7-6-8-11(15-10)16-13(19)20-14(2,3)4/h6-9H,5H2,1-4H3,(H,17,18)(H,15,16,19). The number of aromatic nitrogens is 1. The van der Waals surface area contributed by atoms with Gasteiger partial charge >= 0.3 is 12.1 Å². The van der Waals surface area contributed by atoms with Crippen molar-refractivity contribution in [3.05, 3.63) is 23.9 Å². The van der Waals surface area contributed by atoms with Gasteiger partial charge in [-0.25, -0.2) is 9.78 Å². The Morgan fingerprint density at radius 1 is 1.40 bits per heavy atom. The van der Waals surface area contributed by atoms with E-state index in [1.807, 2.05) is 0 Å². The van der Waals surface area contributed by atoms with Crippen LogP contribution in [-0.4, -0.2) is 27.8 Å². The molecule has 0 aliphatic carbocycles. The summed E-state index contributed by atoms with van der Waals surface area (Å²) < 4.78 is 5.11. The highest BCUT2D eigenvalue weighted by atomic mass is 16.6. The number of ether oxygens (including phenoxy) is 1. The van der Waals surface area contributed by atoms with Gasteiger partial charge in [-0.3, -0.25) is 10.1 Å². The van der Waals surface area contributed by atoms with Crippen LogP contribution >= 0.6 is 0 Å². The number of carbonyl (C=O) groups is 2. The van der Waals surface area contributed by atoms with E-state index in [2.05, 4.69) is 10.3 Å². The van der Waals surface area contributed by atoms with Crippen LogP contribution in [0.1, 0.15) is 45.7 Å². The molecule has 0 aromatic carbocycles. The predicted octanol–water partition coefficient (Wildman–Crippen LogP) is 3.01. The molecule has 0 aliphatic rings. The van der Waals surface area contributed by atoms with Gasteiger partial charge < -0.3 is 9.84 Å². The van der Waals surface area contributed by atoms with Gasteiger partial charge in [-0.05, 0) is 39.3 Å². The number of nitrogens with zero attached hydrogens (tertiary/aromatic N) is 1. The lowest BCUT2D eigenvalue weighted by molar-refractivity contribution is -0.138. The summed E-state index contributed by atoms with van der Waals surface area (Å²) in [4.78, 5) is 26.9. The van der Waals surface area contributed by atoms with E-state index in [1.165, 1.54) is 0 Å². The summed E-state index contributed by atoms with van der Waals surface area (Å²) in [5, 5.41) is 11.6. The monoisotopic (exact) mass is 280 g/mol. The summed E-state index contributed by atoms with van der Waals surface area (Å²) in [7, 11) is 0. The molecule has 1 aromatic heterocycles. The predicted molar refractivity (Wildman–Crippen MR) is 74.8 cm³/mol. The number of hydrogen-bond donors (Lipinski definition) is 2. The third-order valence-corrected chi connectivity index (χ3v) is 2.46. The number of rotatable bonds is 4. The lowest BCUT2D eigenvalue weighted by Crippen LogP contribution is -2.27. The van der Waals surface area contributed by atoms with Crippen LogP contribution in [0.2, 0.25) is 0 Å². The Morgan fingerprint density at radius 3 is 2.55 bits per heavy atom. The van der Waals surface area contributed by atoms with Crippen molar-refractivity contribution in [2.45, 2.75) is 45.6 Å². The summed E-state index contributed by atoms with van der Waals surface area (Å²) in [5.74, 6) is -1.35. The highest BCUT2D eigenvalue weighted by molar-refractivity contribution is 5.83. The second-order valence-electron chi connectivity index (χ2n) is 5.37. The van der Waals surface area contributed by atoms with Crippen LogP contribution in [0.5, 0.6) is 0 Å². The van der Waals surface area contributed by atoms with Gasteiger partial charge in [-0.15, -0.1) is 0 Å². The molecule has 0 fully saturated rings. The molecule has 1 amide bonds. The zero-order valence-electron chi connectivity index (χ0n) is 12.1. The zero-order chi connectivity index (χ0) is 15.3. The first-order valence-electron chi connectivity index (χ1n) is 6.42. The third kappa shape index (κ3) is 4.87. The Kier molecular flexibility index (Phi) is 5.07. The molecule has 6 nitrogen and oxygen atoms in total. The number of hydrogen-bond acceptors (Lipinski definition) is 4. The maximum absolute atomic E-state index is 11.6. The number of pyridine rings is 1.